The molecule has 8 heteroatoms. The summed E-state index contributed by atoms with van der Waals surface area (Å²) in [5, 5.41) is 4.72. The minimum absolute atomic E-state index is 0.0598. The maximum atomic E-state index is 13.4. The molecular formula is C20H17FN6O. The number of fused-ring (bicyclic) bond motifs is 1. The molecule has 0 bridgehead atoms. The SMILES string of the molecule is NC(=O)Cc1cnc2ccc(-c3c(-c4ccc(F)cc4)ncn3C3CC3)nn12. The fourth-order valence-electron chi connectivity index (χ4n) is 3.41. The lowest BCUT2D eigenvalue weighted by Crippen LogP contribution is -2.15. The van der Waals surface area contributed by atoms with Gasteiger partial charge in [0, 0.05) is 11.6 Å². The van der Waals surface area contributed by atoms with E-state index >= 15 is 0 Å². The molecule has 0 spiro atoms. The van der Waals surface area contributed by atoms with Crippen LogP contribution in [0.1, 0.15) is 24.6 Å². The molecule has 1 saturated carbocycles. The van der Waals surface area contributed by atoms with Crippen molar-refractivity contribution in [1.82, 2.24) is 24.1 Å². The van der Waals surface area contributed by atoms with Crippen molar-refractivity contribution in [1.29, 1.82) is 0 Å². The zero-order valence-electron chi connectivity index (χ0n) is 14.9. The van der Waals surface area contributed by atoms with Crippen LogP contribution in [0.25, 0.3) is 28.3 Å². The fourth-order valence-corrected chi connectivity index (χ4v) is 3.41. The number of rotatable bonds is 5. The Labute approximate surface area is 159 Å². The minimum Gasteiger partial charge on any atom is -0.369 e. The van der Waals surface area contributed by atoms with Gasteiger partial charge in [0.1, 0.15) is 11.5 Å². The highest BCUT2D eigenvalue weighted by Gasteiger charge is 2.29. The molecule has 0 aliphatic heterocycles. The molecule has 1 aromatic carbocycles. The van der Waals surface area contributed by atoms with Gasteiger partial charge in [0.25, 0.3) is 0 Å². The molecule has 1 aliphatic carbocycles. The number of benzene rings is 1. The molecule has 1 aliphatic rings. The first-order valence-corrected chi connectivity index (χ1v) is 9.05. The number of primary amides is 1. The molecule has 3 heterocycles. The van der Waals surface area contributed by atoms with Crippen molar-refractivity contribution in [3.63, 3.8) is 0 Å². The summed E-state index contributed by atoms with van der Waals surface area (Å²) in [5.74, 6) is -0.731. The number of hydrogen-bond donors (Lipinski definition) is 1. The summed E-state index contributed by atoms with van der Waals surface area (Å²) in [6, 6.07) is 10.4. The van der Waals surface area contributed by atoms with Crippen molar-refractivity contribution in [2.24, 2.45) is 5.73 Å². The molecule has 28 heavy (non-hydrogen) atoms. The summed E-state index contributed by atoms with van der Waals surface area (Å²) in [6.07, 6.45) is 5.66. The highest BCUT2D eigenvalue weighted by Crippen LogP contribution is 2.41. The molecular weight excluding hydrogens is 359 g/mol. The number of carbonyl (C=O) groups is 1. The van der Waals surface area contributed by atoms with Gasteiger partial charge >= 0.3 is 0 Å². The Kier molecular flexibility index (Phi) is 3.71. The van der Waals surface area contributed by atoms with Crippen molar-refractivity contribution in [2.75, 3.05) is 0 Å². The lowest BCUT2D eigenvalue weighted by molar-refractivity contribution is -0.117. The molecule has 4 aromatic rings. The zero-order valence-corrected chi connectivity index (χ0v) is 14.9. The van der Waals surface area contributed by atoms with Crippen LogP contribution < -0.4 is 5.73 Å². The molecule has 2 N–H and O–H groups in total. The number of nitrogens with zero attached hydrogens (tertiary/aromatic N) is 5. The van der Waals surface area contributed by atoms with Gasteiger partial charge in [-0.15, -0.1) is 0 Å². The number of nitrogens with two attached hydrogens (primary N) is 1. The molecule has 1 fully saturated rings. The van der Waals surface area contributed by atoms with Crippen LogP contribution in [0.4, 0.5) is 4.39 Å². The van der Waals surface area contributed by atoms with E-state index in [1.54, 1.807) is 22.8 Å². The van der Waals surface area contributed by atoms with Crippen molar-refractivity contribution >= 4 is 11.6 Å². The number of amides is 1. The Balaban J connectivity index is 1.68. The Hall–Kier alpha value is -3.55. The van der Waals surface area contributed by atoms with Gasteiger partial charge in [0.05, 0.1) is 36.0 Å². The van der Waals surface area contributed by atoms with Gasteiger partial charge in [-0.2, -0.15) is 5.10 Å². The van der Waals surface area contributed by atoms with Gasteiger partial charge in [-0.1, -0.05) is 0 Å². The quantitative estimate of drug-likeness (QED) is 0.580. The highest BCUT2D eigenvalue weighted by molar-refractivity contribution is 5.78. The second-order valence-electron chi connectivity index (χ2n) is 6.97. The average Bonchev–Trinajstić information content (AvgIpc) is 3.32. The smallest absolute Gasteiger partial charge is 0.223 e. The first kappa shape index (κ1) is 16.6. The minimum atomic E-state index is -0.441. The standard InChI is InChI=1S/C20H17FN6O/c21-13-3-1-12(2-4-13)19-20(26(11-24-19)14-5-6-14)16-7-8-18-23-10-15(9-17(22)28)27(18)25-16/h1-4,7-8,10-11,14H,5-6,9H2,(H2,22,28). The topological polar surface area (TPSA) is 91.1 Å². The third-order valence-electron chi connectivity index (χ3n) is 4.88. The van der Waals surface area contributed by atoms with E-state index in [0.717, 1.165) is 29.8 Å². The van der Waals surface area contributed by atoms with Crippen molar-refractivity contribution < 1.29 is 9.18 Å². The van der Waals surface area contributed by atoms with E-state index in [1.807, 2.05) is 18.5 Å². The number of imidazole rings is 2. The van der Waals surface area contributed by atoms with Crippen LogP contribution in [0.2, 0.25) is 0 Å². The first-order valence-electron chi connectivity index (χ1n) is 9.05. The van der Waals surface area contributed by atoms with Gasteiger partial charge < -0.3 is 10.3 Å². The van der Waals surface area contributed by atoms with Crippen LogP contribution in [0.3, 0.4) is 0 Å². The lowest BCUT2D eigenvalue weighted by Gasteiger charge is -2.10. The second-order valence-corrected chi connectivity index (χ2v) is 6.97. The van der Waals surface area contributed by atoms with Crippen LogP contribution in [0, 0.1) is 5.82 Å². The zero-order chi connectivity index (χ0) is 19.3. The van der Waals surface area contributed by atoms with Gasteiger partial charge in [-0.05, 0) is 49.2 Å². The number of hydrogen-bond acceptors (Lipinski definition) is 4. The normalized spacial score (nSPS) is 13.9. The third-order valence-corrected chi connectivity index (χ3v) is 4.88. The van der Waals surface area contributed by atoms with Crippen LogP contribution in [0.5, 0.6) is 0 Å². The number of carbonyl (C=O) groups excluding carboxylic acids is 1. The van der Waals surface area contributed by atoms with E-state index in [9.17, 15) is 9.18 Å². The van der Waals surface area contributed by atoms with Crippen molar-refractivity contribution in [3.05, 3.63) is 60.4 Å². The predicted molar refractivity (Wildman–Crippen MR) is 101 cm³/mol. The maximum absolute atomic E-state index is 13.4. The molecule has 7 nitrogen and oxygen atoms in total. The van der Waals surface area contributed by atoms with Crippen LogP contribution in [-0.4, -0.2) is 30.1 Å². The fraction of sp³-hybridized carbons (Fsp3) is 0.200. The molecule has 0 atom stereocenters. The third kappa shape index (κ3) is 2.83. The highest BCUT2D eigenvalue weighted by atomic mass is 19.1. The van der Waals surface area contributed by atoms with Crippen LogP contribution in [-0.2, 0) is 11.2 Å². The molecule has 5 rings (SSSR count). The van der Waals surface area contributed by atoms with E-state index in [1.165, 1.54) is 12.1 Å². The summed E-state index contributed by atoms with van der Waals surface area (Å²) in [4.78, 5) is 20.2. The molecule has 3 aromatic heterocycles. The van der Waals surface area contributed by atoms with E-state index in [0.29, 0.717) is 23.1 Å². The van der Waals surface area contributed by atoms with Crippen molar-refractivity contribution in [3.8, 4) is 22.6 Å². The Morgan fingerprint density at radius 1 is 1.14 bits per heavy atom. The second kappa shape index (κ2) is 6.26. The summed E-state index contributed by atoms with van der Waals surface area (Å²) >= 11 is 0. The maximum Gasteiger partial charge on any atom is 0.223 e. The van der Waals surface area contributed by atoms with Gasteiger partial charge in [-0.25, -0.2) is 18.9 Å². The van der Waals surface area contributed by atoms with E-state index in [-0.39, 0.29) is 12.2 Å². The monoisotopic (exact) mass is 376 g/mol. The van der Waals surface area contributed by atoms with E-state index in [2.05, 4.69) is 14.5 Å². The Morgan fingerprint density at radius 2 is 1.93 bits per heavy atom. The first-order chi connectivity index (χ1) is 13.6. The van der Waals surface area contributed by atoms with Gasteiger partial charge in [-0.3, -0.25) is 4.79 Å². The number of aromatic nitrogens is 5. The molecule has 0 unspecified atom stereocenters. The number of halogens is 1. The van der Waals surface area contributed by atoms with Gasteiger partial charge in [0.2, 0.25) is 5.91 Å². The van der Waals surface area contributed by atoms with Crippen LogP contribution in [0.15, 0.2) is 48.9 Å². The van der Waals surface area contributed by atoms with E-state index < -0.39 is 5.91 Å². The molecule has 0 radical (unpaired) electrons. The van der Waals surface area contributed by atoms with Gasteiger partial charge in [0.15, 0.2) is 5.65 Å². The predicted octanol–water partition coefficient (Wildman–Crippen LogP) is 2.76. The lowest BCUT2D eigenvalue weighted by atomic mass is 10.1. The summed E-state index contributed by atoms with van der Waals surface area (Å²) in [5.41, 5.74) is 9.75. The Bertz CT molecular complexity index is 1190. The molecule has 1 amide bonds. The summed E-state index contributed by atoms with van der Waals surface area (Å²) in [6.45, 7) is 0. The van der Waals surface area contributed by atoms with Crippen molar-refractivity contribution in [2.45, 2.75) is 25.3 Å². The summed E-state index contributed by atoms with van der Waals surface area (Å²) < 4.78 is 17.1. The van der Waals surface area contributed by atoms with Crippen LogP contribution >= 0.6 is 0 Å². The average molecular weight is 376 g/mol. The largest absolute Gasteiger partial charge is 0.369 e. The molecule has 0 saturated heterocycles. The van der Waals surface area contributed by atoms with E-state index in [4.69, 9.17) is 10.8 Å². The summed E-state index contributed by atoms with van der Waals surface area (Å²) in [7, 11) is 0. The molecule has 140 valence electrons. The Morgan fingerprint density at radius 3 is 2.64 bits per heavy atom.